The normalized spacial score (nSPS) is 10.4. The van der Waals surface area contributed by atoms with Crippen molar-refractivity contribution in [2.45, 2.75) is 12.8 Å². The first-order valence-electron chi connectivity index (χ1n) is 8.71. The number of nitro groups is 1. The number of carbonyl (C=O) groups excluding carboxylic acids is 1. The lowest BCUT2D eigenvalue weighted by atomic mass is 10.1. The number of rotatable bonds is 8. The first-order valence-corrected chi connectivity index (χ1v) is 9.59. The highest BCUT2D eigenvalue weighted by atomic mass is 32.1. The van der Waals surface area contributed by atoms with Crippen LogP contribution in [0.5, 0.6) is 11.5 Å². The number of benzene rings is 2. The Kier molecular flexibility index (Phi) is 6.40. The Labute approximate surface area is 171 Å². The van der Waals surface area contributed by atoms with E-state index in [1.807, 2.05) is 18.2 Å². The van der Waals surface area contributed by atoms with Crippen LogP contribution >= 0.6 is 11.3 Å². The lowest BCUT2D eigenvalue weighted by molar-refractivity contribution is -0.384. The zero-order valence-electron chi connectivity index (χ0n) is 15.9. The molecule has 9 heteroatoms. The van der Waals surface area contributed by atoms with Crippen molar-refractivity contribution < 1.29 is 19.2 Å². The molecule has 0 saturated carbocycles. The fourth-order valence-electron chi connectivity index (χ4n) is 2.69. The van der Waals surface area contributed by atoms with Crippen LogP contribution in [0.4, 0.5) is 10.8 Å². The number of non-ortho nitro benzene ring substituents is 1. The van der Waals surface area contributed by atoms with E-state index >= 15 is 0 Å². The number of carbonyl (C=O) groups is 1. The molecule has 1 amide bonds. The Balaban J connectivity index is 1.58. The number of anilines is 1. The second-order valence-corrected chi connectivity index (χ2v) is 6.94. The van der Waals surface area contributed by atoms with E-state index in [4.69, 9.17) is 9.47 Å². The molecule has 3 rings (SSSR count). The summed E-state index contributed by atoms with van der Waals surface area (Å²) in [4.78, 5) is 26.9. The van der Waals surface area contributed by atoms with Crippen LogP contribution in [0.15, 0.2) is 47.8 Å². The SMILES string of the molecule is COc1ccc(CCC(=O)Nc2nc(-c3ccc([N+](=O)[O-])cc3)cs2)cc1OC. The van der Waals surface area contributed by atoms with Gasteiger partial charge in [0.1, 0.15) is 0 Å². The van der Waals surface area contributed by atoms with E-state index in [9.17, 15) is 14.9 Å². The summed E-state index contributed by atoms with van der Waals surface area (Å²) in [6.07, 6.45) is 0.842. The summed E-state index contributed by atoms with van der Waals surface area (Å²) in [6.45, 7) is 0. The minimum Gasteiger partial charge on any atom is -0.493 e. The highest BCUT2D eigenvalue weighted by molar-refractivity contribution is 7.14. The van der Waals surface area contributed by atoms with Gasteiger partial charge in [-0.2, -0.15) is 0 Å². The zero-order valence-corrected chi connectivity index (χ0v) is 16.7. The molecule has 0 aliphatic rings. The number of nitrogens with one attached hydrogen (secondary N) is 1. The van der Waals surface area contributed by atoms with Crippen molar-refractivity contribution in [1.29, 1.82) is 0 Å². The monoisotopic (exact) mass is 413 g/mol. The molecule has 0 unspecified atom stereocenters. The molecule has 29 heavy (non-hydrogen) atoms. The first-order chi connectivity index (χ1) is 14.0. The fourth-order valence-corrected chi connectivity index (χ4v) is 3.43. The summed E-state index contributed by atoms with van der Waals surface area (Å²) in [5.74, 6) is 1.12. The van der Waals surface area contributed by atoms with Crippen LogP contribution in [0.3, 0.4) is 0 Å². The fraction of sp³-hybridized carbons (Fsp3) is 0.200. The smallest absolute Gasteiger partial charge is 0.269 e. The molecule has 3 aromatic rings. The molecule has 150 valence electrons. The molecular weight excluding hydrogens is 394 g/mol. The third kappa shape index (κ3) is 5.08. The molecule has 0 bridgehead atoms. The van der Waals surface area contributed by atoms with Crippen molar-refractivity contribution in [2.75, 3.05) is 19.5 Å². The van der Waals surface area contributed by atoms with Crippen LogP contribution in [0.2, 0.25) is 0 Å². The molecule has 0 radical (unpaired) electrons. The van der Waals surface area contributed by atoms with Gasteiger partial charge >= 0.3 is 0 Å². The molecule has 2 aromatic carbocycles. The summed E-state index contributed by atoms with van der Waals surface area (Å²) in [7, 11) is 3.14. The Hall–Kier alpha value is -3.46. The number of hydrogen-bond donors (Lipinski definition) is 1. The summed E-state index contributed by atoms with van der Waals surface area (Å²) in [5.41, 5.74) is 2.38. The Morgan fingerprint density at radius 2 is 1.86 bits per heavy atom. The minimum absolute atomic E-state index is 0.0210. The van der Waals surface area contributed by atoms with Gasteiger partial charge in [0, 0.05) is 29.5 Å². The number of aromatic nitrogens is 1. The molecular formula is C20H19N3O5S. The molecule has 0 aliphatic heterocycles. The van der Waals surface area contributed by atoms with E-state index < -0.39 is 4.92 Å². The summed E-state index contributed by atoms with van der Waals surface area (Å²) < 4.78 is 10.5. The average Bonchev–Trinajstić information content (AvgIpc) is 3.20. The highest BCUT2D eigenvalue weighted by Crippen LogP contribution is 2.29. The maximum Gasteiger partial charge on any atom is 0.269 e. The molecule has 1 heterocycles. The minimum atomic E-state index is -0.450. The molecule has 8 nitrogen and oxygen atoms in total. The van der Waals surface area contributed by atoms with Crippen LogP contribution in [0, 0.1) is 10.1 Å². The van der Waals surface area contributed by atoms with Gasteiger partial charge in [0.25, 0.3) is 5.69 Å². The Morgan fingerprint density at radius 3 is 2.52 bits per heavy atom. The van der Waals surface area contributed by atoms with E-state index in [2.05, 4.69) is 10.3 Å². The number of ether oxygens (including phenoxy) is 2. The summed E-state index contributed by atoms with van der Waals surface area (Å²) in [6, 6.07) is 11.7. The van der Waals surface area contributed by atoms with Crippen molar-refractivity contribution in [3.8, 4) is 22.8 Å². The van der Waals surface area contributed by atoms with Crippen LogP contribution in [-0.4, -0.2) is 30.0 Å². The maximum atomic E-state index is 12.3. The van der Waals surface area contributed by atoms with Gasteiger partial charge < -0.3 is 14.8 Å². The predicted octanol–water partition coefficient (Wildman–Crippen LogP) is 4.31. The van der Waals surface area contributed by atoms with E-state index in [0.29, 0.717) is 35.2 Å². The second-order valence-electron chi connectivity index (χ2n) is 6.08. The van der Waals surface area contributed by atoms with Gasteiger partial charge in [0.2, 0.25) is 5.91 Å². The standard InChI is InChI=1S/C20H19N3O5S/c1-27-17-9-3-13(11-18(17)28-2)4-10-19(24)22-20-21-16(12-29-20)14-5-7-15(8-6-14)23(25)26/h3,5-9,11-12H,4,10H2,1-2H3,(H,21,22,24). The number of hydrogen-bond acceptors (Lipinski definition) is 7. The van der Waals surface area contributed by atoms with Gasteiger partial charge in [-0.25, -0.2) is 4.98 Å². The number of nitrogens with zero attached hydrogens (tertiary/aromatic N) is 2. The third-order valence-electron chi connectivity index (χ3n) is 4.21. The molecule has 0 spiro atoms. The predicted molar refractivity (Wildman–Crippen MR) is 111 cm³/mol. The second kappa shape index (κ2) is 9.16. The number of amides is 1. The van der Waals surface area contributed by atoms with Crippen molar-refractivity contribution in [2.24, 2.45) is 0 Å². The third-order valence-corrected chi connectivity index (χ3v) is 4.97. The summed E-state index contributed by atoms with van der Waals surface area (Å²) in [5, 5.41) is 15.8. The Bertz CT molecular complexity index is 1020. The quantitative estimate of drug-likeness (QED) is 0.436. The average molecular weight is 413 g/mol. The van der Waals surface area contributed by atoms with Crippen molar-refractivity contribution in [1.82, 2.24) is 4.98 Å². The Morgan fingerprint density at radius 1 is 1.14 bits per heavy atom. The van der Waals surface area contributed by atoms with Crippen molar-refractivity contribution in [3.05, 3.63) is 63.5 Å². The van der Waals surface area contributed by atoms with Crippen LogP contribution in [0.1, 0.15) is 12.0 Å². The van der Waals surface area contributed by atoms with Gasteiger partial charge in [0.15, 0.2) is 16.6 Å². The van der Waals surface area contributed by atoms with E-state index in [1.54, 1.807) is 31.7 Å². The van der Waals surface area contributed by atoms with Gasteiger partial charge in [-0.15, -0.1) is 11.3 Å². The van der Waals surface area contributed by atoms with E-state index in [0.717, 1.165) is 11.1 Å². The molecule has 0 saturated heterocycles. The van der Waals surface area contributed by atoms with Gasteiger partial charge in [-0.1, -0.05) is 6.07 Å². The van der Waals surface area contributed by atoms with Crippen LogP contribution in [0.25, 0.3) is 11.3 Å². The van der Waals surface area contributed by atoms with Gasteiger partial charge in [0.05, 0.1) is 24.8 Å². The lowest BCUT2D eigenvalue weighted by Gasteiger charge is -2.09. The van der Waals surface area contributed by atoms with Crippen molar-refractivity contribution >= 4 is 28.1 Å². The molecule has 0 fully saturated rings. The maximum absolute atomic E-state index is 12.3. The lowest BCUT2D eigenvalue weighted by Crippen LogP contribution is -2.12. The van der Waals surface area contributed by atoms with Crippen LogP contribution in [-0.2, 0) is 11.2 Å². The molecule has 0 atom stereocenters. The first kappa shape index (κ1) is 20.3. The van der Waals surface area contributed by atoms with E-state index in [-0.39, 0.29) is 11.6 Å². The molecule has 1 N–H and O–H groups in total. The van der Waals surface area contributed by atoms with Crippen molar-refractivity contribution in [3.63, 3.8) is 0 Å². The van der Waals surface area contributed by atoms with E-state index in [1.165, 1.54) is 23.5 Å². The number of nitro benzene ring substituents is 1. The topological polar surface area (TPSA) is 104 Å². The summed E-state index contributed by atoms with van der Waals surface area (Å²) >= 11 is 1.30. The molecule has 0 aliphatic carbocycles. The number of aryl methyl sites for hydroxylation is 1. The molecule has 1 aromatic heterocycles. The number of thiazole rings is 1. The number of methoxy groups -OCH3 is 2. The highest BCUT2D eigenvalue weighted by Gasteiger charge is 2.11. The van der Waals surface area contributed by atoms with Gasteiger partial charge in [-0.05, 0) is 36.2 Å². The van der Waals surface area contributed by atoms with Crippen LogP contribution < -0.4 is 14.8 Å². The largest absolute Gasteiger partial charge is 0.493 e. The zero-order chi connectivity index (χ0) is 20.8. The van der Waals surface area contributed by atoms with Gasteiger partial charge in [-0.3, -0.25) is 14.9 Å².